The van der Waals surface area contributed by atoms with E-state index in [-0.39, 0.29) is 36.0 Å². The summed E-state index contributed by atoms with van der Waals surface area (Å²) in [5, 5.41) is 0. The van der Waals surface area contributed by atoms with E-state index >= 15 is 0 Å². The summed E-state index contributed by atoms with van der Waals surface area (Å²) in [6.45, 7) is 3.62. The molecule has 1 unspecified atom stereocenters. The van der Waals surface area contributed by atoms with Crippen molar-refractivity contribution >= 4 is 29.9 Å². The van der Waals surface area contributed by atoms with Crippen molar-refractivity contribution in [2.45, 2.75) is 6.04 Å². The quantitative estimate of drug-likeness (QED) is 0.392. The highest BCUT2D eigenvalue weighted by Gasteiger charge is 2.23. The van der Waals surface area contributed by atoms with Crippen molar-refractivity contribution in [1.82, 2.24) is 4.90 Å². The van der Waals surface area contributed by atoms with Crippen LogP contribution in [0.1, 0.15) is 11.6 Å². The number of rotatable bonds is 6. The average Bonchev–Trinajstić information content (AvgIpc) is 2.55. The van der Waals surface area contributed by atoms with E-state index in [0.29, 0.717) is 31.3 Å². The Morgan fingerprint density at radius 3 is 2.43 bits per heavy atom. The number of nitrogens with zero attached hydrogens (tertiary/aromatic N) is 2. The second-order valence-corrected chi connectivity index (χ2v) is 5.04. The maximum absolute atomic E-state index is 5.49. The van der Waals surface area contributed by atoms with Crippen LogP contribution >= 0.6 is 24.0 Å². The van der Waals surface area contributed by atoms with Gasteiger partial charge in [-0.25, -0.2) is 0 Å². The number of guanidine groups is 1. The molecular formula is C15H25IN4O3. The van der Waals surface area contributed by atoms with Crippen molar-refractivity contribution in [3.8, 4) is 11.5 Å². The zero-order chi connectivity index (χ0) is 15.9. The Labute approximate surface area is 154 Å². The molecule has 7 nitrogen and oxygen atoms in total. The molecule has 1 heterocycles. The van der Waals surface area contributed by atoms with Crippen molar-refractivity contribution in [2.24, 2.45) is 16.5 Å². The van der Waals surface area contributed by atoms with Crippen LogP contribution in [0.3, 0.4) is 0 Å². The van der Waals surface area contributed by atoms with Gasteiger partial charge in [0.15, 0.2) is 17.5 Å². The summed E-state index contributed by atoms with van der Waals surface area (Å²) in [5.74, 6) is 1.50. The minimum absolute atomic E-state index is 0. The van der Waals surface area contributed by atoms with Crippen LogP contribution in [0.4, 0.5) is 0 Å². The topological polar surface area (TPSA) is 95.3 Å². The number of hydrogen-bond acceptors (Lipinski definition) is 5. The molecule has 0 saturated carbocycles. The van der Waals surface area contributed by atoms with Crippen LogP contribution in [0.5, 0.6) is 11.5 Å². The molecule has 8 heteroatoms. The first-order valence-corrected chi connectivity index (χ1v) is 7.24. The molecular weight excluding hydrogens is 411 g/mol. The van der Waals surface area contributed by atoms with Crippen LogP contribution in [0.15, 0.2) is 23.2 Å². The van der Waals surface area contributed by atoms with Gasteiger partial charge in [-0.05, 0) is 17.7 Å². The lowest BCUT2D eigenvalue weighted by atomic mass is 10.0. The monoisotopic (exact) mass is 436 g/mol. The molecule has 0 amide bonds. The molecule has 2 rings (SSSR count). The fourth-order valence-corrected chi connectivity index (χ4v) is 2.57. The lowest BCUT2D eigenvalue weighted by Crippen LogP contribution is -2.40. The van der Waals surface area contributed by atoms with Gasteiger partial charge in [-0.2, -0.15) is 0 Å². The maximum Gasteiger partial charge on any atom is 0.185 e. The van der Waals surface area contributed by atoms with Crippen molar-refractivity contribution in [3.63, 3.8) is 0 Å². The van der Waals surface area contributed by atoms with E-state index in [1.54, 1.807) is 14.2 Å². The van der Waals surface area contributed by atoms with Crippen molar-refractivity contribution in [2.75, 3.05) is 47.1 Å². The molecule has 23 heavy (non-hydrogen) atoms. The van der Waals surface area contributed by atoms with Crippen LogP contribution in [0, 0.1) is 0 Å². The largest absolute Gasteiger partial charge is 0.493 e. The summed E-state index contributed by atoms with van der Waals surface area (Å²) in [6, 6.07) is 5.97. The van der Waals surface area contributed by atoms with Crippen molar-refractivity contribution in [3.05, 3.63) is 23.8 Å². The molecule has 0 aliphatic carbocycles. The van der Waals surface area contributed by atoms with E-state index in [9.17, 15) is 0 Å². The van der Waals surface area contributed by atoms with Gasteiger partial charge in [0.1, 0.15) is 0 Å². The summed E-state index contributed by atoms with van der Waals surface area (Å²) in [6.07, 6.45) is 0. The highest BCUT2D eigenvalue weighted by Crippen LogP contribution is 2.32. The predicted octanol–water partition coefficient (Wildman–Crippen LogP) is 0.968. The normalized spacial score (nSPS) is 16.1. The fraction of sp³-hybridized carbons (Fsp3) is 0.533. The van der Waals surface area contributed by atoms with E-state index in [1.165, 1.54) is 0 Å². The third-order valence-electron chi connectivity index (χ3n) is 3.73. The number of benzene rings is 1. The fourth-order valence-electron chi connectivity index (χ4n) is 2.57. The lowest BCUT2D eigenvalue weighted by Gasteiger charge is -2.34. The zero-order valence-electron chi connectivity index (χ0n) is 13.5. The number of ether oxygens (including phenoxy) is 3. The number of halogens is 1. The average molecular weight is 436 g/mol. The van der Waals surface area contributed by atoms with Gasteiger partial charge >= 0.3 is 0 Å². The number of hydrogen-bond donors (Lipinski definition) is 2. The van der Waals surface area contributed by atoms with E-state index in [2.05, 4.69) is 9.89 Å². The molecule has 1 aliphatic rings. The van der Waals surface area contributed by atoms with Gasteiger partial charge in [-0.15, -0.1) is 24.0 Å². The Hall–Kier alpha value is -1.26. The third kappa shape index (κ3) is 5.40. The first-order valence-electron chi connectivity index (χ1n) is 7.24. The second-order valence-electron chi connectivity index (χ2n) is 5.04. The Morgan fingerprint density at radius 1 is 1.22 bits per heavy atom. The predicted molar refractivity (Wildman–Crippen MR) is 101 cm³/mol. The SMILES string of the molecule is COc1ccc(C(CN=C(N)N)N2CCOCC2)cc1OC.I. The standard InChI is InChI=1S/C15H24N4O3.HI/c1-20-13-4-3-11(9-14(13)21-2)12(10-18-15(16)17)19-5-7-22-8-6-19;/h3-4,9,12H,5-8,10H2,1-2H3,(H4,16,17,18);1H. The summed E-state index contributed by atoms with van der Waals surface area (Å²) < 4.78 is 16.1. The van der Waals surface area contributed by atoms with Crippen LogP contribution in [0.2, 0.25) is 0 Å². The molecule has 1 saturated heterocycles. The highest BCUT2D eigenvalue weighted by atomic mass is 127. The van der Waals surface area contributed by atoms with Crippen LogP contribution in [-0.2, 0) is 4.74 Å². The molecule has 0 spiro atoms. The van der Waals surface area contributed by atoms with Crippen LogP contribution in [-0.4, -0.2) is 57.9 Å². The van der Waals surface area contributed by atoms with E-state index in [1.807, 2.05) is 18.2 Å². The van der Waals surface area contributed by atoms with E-state index in [4.69, 9.17) is 25.7 Å². The zero-order valence-corrected chi connectivity index (χ0v) is 15.9. The minimum Gasteiger partial charge on any atom is -0.493 e. The summed E-state index contributed by atoms with van der Waals surface area (Å²) in [7, 11) is 3.25. The Kier molecular flexibility index (Phi) is 8.42. The lowest BCUT2D eigenvalue weighted by molar-refractivity contribution is 0.0179. The highest BCUT2D eigenvalue weighted by molar-refractivity contribution is 14.0. The van der Waals surface area contributed by atoms with E-state index < -0.39 is 0 Å². The van der Waals surface area contributed by atoms with E-state index in [0.717, 1.165) is 18.7 Å². The molecule has 1 atom stereocenters. The van der Waals surface area contributed by atoms with Crippen molar-refractivity contribution < 1.29 is 14.2 Å². The first kappa shape index (κ1) is 19.8. The van der Waals surface area contributed by atoms with Gasteiger partial charge in [-0.1, -0.05) is 6.07 Å². The molecule has 0 aromatic heterocycles. The Bertz CT molecular complexity index is 517. The summed E-state index contributed by atoms with van der Waals surface area (Å²) in [4.78, 5) is 6.51. The minimum atomic E-state index is 0. The molecule has 1 fully saturated rings. The van der Waals surface area contributed by atoms with Crippen molar-refractivity contribution in [1.29, 1.82) is 0 Å². The molecule has 130 valence electrons. The number of aliphatic imine (C=N–C) groups is 1. The maximum atomic E-state index is 5.49. The smallest absolute Gasteiger partial charge is 0.185 e. The Morgan fingerprint density at radius 2 is 1.87 bits per heavy atom. The van der Waals surface area contributed by atoms with Crippen LogP contribution < -0.4 is 20.9 Å². The number of nitrogens with two attached hydrogens (primary N) is 2. The first-order chi connectivity index (χ1) is 10.7. The molecule has 1 aromatic carbocycles. The molecule has 1 aliphatic heterocycles. The number of methoxy groups -OCH3 is 2. The van der Waals surface area contributed by atoms with Gasteiger partial charge in [0.2, 0.25) is 0 Å². The number of morpholine rings is 1. The molecule has 0 bridgehead atoms. The summed E-state index contributed by atoms with van der Waals surface area (Å²) >= 11 is 0. The molecule has 0 radical (unpaired) electrons. The van der Waals surface area contributed by atoms with Gasteiger partial charge in [0.25, 0.3) is 0 Å². The van der Waals surface area contributed by atoms with Gasteiger partial charge in [0, 0.05) is 13.1 Å². The molecule has 1 aromatic rings. The van der Waals surface area contributed by atoms with Gasteiger partial charge in [-0.3, -0.25) is 9.89 Å². The Balaban J connectivity index is 0.00000264. The summed E-state index contributed by atoms with van der Waals surface area (Å²) in [5.41, 5.74) is 12.1. The third-order valence-corrected chi connectivity index (χ3v) is 3.73. The molecule has 4 N–H and O–H groups in total. The second kappa shape index (κ2) is 9.78. The van der Waals surface area contributed by atoms with Crippen LogP contribution in [0.25, 0.3) is 0 Å². The van der Waals surface area contributed by atoms with Gasteiger partial charge in [0.05, 0.1) is 40.0 Å². The van der Waals surface area contributed by atoms with Gasteiger partial charge < -0.3 is 25.7 Å².